The molecule has 116 valence electrons. The van der Waals surface area contributed by atoms with E-state index in [0.29, 0.717) is 5.69 Å². The van der Waals surface area contributed by atoms with Gasteiger partial charge in [-0.3, -0.25) is 4.68 Å². The lowest BCUT2D eigenvalue weighted by atomic mass is 10.1. The third-order valence-corrected chi connectivity index (χ3v) is 3.36. The Morgan fingerprint density at radius 3 is 2.39 bits per heavy atom. The van der Waals surface area contributed by atoms with Gasteiger partial charge in [0, 0.05) is 12.6 Å². The maximum absolute atomic E-state index is 13.6. The Kier molecular flexibility index (Phi) is 4.05. The maximum Gasteiger partial charge on any atom is 0.323 e. The van der Waals surface area contributed by atoms with Crippen molar-refractivity contribution in [2.24, 2.45) is 7.05 Å². The number of hydrogen-bond donors (Lipinski definition) is 2. The van der Waals surface area contributed by atoms with Crippen molar-refractivity contribution < 1.29 is 9.18 Å². The van der Waals surface area contributed by atoms with Crippen LogP contribution < -0.4 is 10.6 Å². The summed E-state index contributed by atoms with van der Waals surface area (Å²) in [7, 11) is 1.79. The van der Waals surface area contributed by atoms with E-state index in [1.807, 2.05) is 30.3 Å². The molecule has 0 atom stereocenters. The molecule has 2 N–H and O–H groups in total. The van der Waals surface area contributed by atoms with E-state index in [2.05, 4.69) is 15.7 Å². The molecule has 0 fully saturated rings. The Morgan fingerprint density at radius 2 is 1.65 bits per heavy atom. The first kappa shape index (κ1) is 14.8. The van der Waals surface area contributed by atoms with Crippen LogP contribution in [-0.2, 0) is 7.05 Å². The quantitative estimate of drug-likeness (QED) is 0.771. The molecule has 5 nitrogen and oxygen atoms in total. The number of amides is 2. The summed E-state index contributed by atoms with van der Waals surface area (Å²) in [5.74, 6) is -0.489. The van der Waals surface area contributed by atoms with Gasteiger partial charge in [-0.15, -0.1) is 0 Å². The third kappa shape index (κ3) is 3.21. The van der Waals surface area contributed by atoms with Gasteiger partial charge in [0.15, 0.2) is 0 Å². The van der Waals surface area contributed by atoms with Crippen molar-refractivity contribution in [3.63, 3.8) is 0 Å². The minimum absolute atomic E-state index is 0.121. The Labute approximate surface area is 132 Å². The van der Waals surface area contributed by atoms with Crippen molar-refractivity contribution >= 4 is 17.4 Å². The monoisotopic (exact) mass is 310 g/mol. The highest BCUT2D eigenvalue weighted by atomic mass is 19.1. The van der Waals surface area contributed by atoms with Crippen molar-refractivity contribution in [1.29, 1.82) is 0 Å². The molecule has 3 aromatic rings. The smallest absolute Gasteiger partial charge is 0.305 e. The first-order chi connectivity index (χ1) is 11.1. The van der Waals surface area contributed by atoms with Crippen LogP contribution in [0.25, 0.3) is 11.3 Å². The molecule has 0 saturated heterocycles. The SMILES string of the molecule is Cn1ncc(NC(=O)Nc2ccccc2F)c1-c1ccccc1. The molecule has 0 saturated carbocycles. The van der Waals surface area contributed by atoms with Crippen LogP contribution >= 0.6 is 0 Å². The van der Waals surface area contributed by atoms with Crippen LogP contribution in [0.1, 0.15) is 0 Å². The summed E-state index contributed by atoms with van der Waals surface area (Å²) in [4.78, 5) is 12.1. The van der Waals surface area contributed by atoms with Crippen molar-refractivity contribution in [2.75, 3.05) is 10.6 Å². The zero-order valence-electron chi connectivity index (χ0n) is 12.5. The van der Waals surface area contributed by atoms with Crippen LogP contribution in [0.5, 0.6) is 0 Å². The lowest BCUT2D eigenvalue weighted by molar-refractivity contribution is 0.262. The lowest BCUT2D eigenvalue weighted by Gasteiger charge is -2.10. The van der Waals surface area contributed by atoms with Crippen molar-refractivity contribution in [1.82, 2.24) is 9.78 Å². The van der Waals surface area contributed by atoms with E-state index < -0.39 is 11.8 Å². The molecule has 2 amide bonds. The second-order valence-corrected chi connectivity index (χ2v) is 4.96. The van der Waals surface area contributed by atoms with E-state index >= 15 is 0 Å². The number of rotatable bonds is 3. The number of nitrogens with zero attached hydrogens (tertiary/aromatic N) is 2. The van der Waals surface area contributed by atoms with Gasteiger partial charge in [-0.2, -0.15) is 5.10 Å². The number of carbonyl (C=O) groups excluding carboxylic acids is 1. The van der Waals surface area contributed by atoms with Crippen LogP contribution in [-0.4, -0.2) is 15.8 Å². The molecule has 1 aromatic heterocycles. The average Bonchev–Trinajstić information content (AvgIpc) is 2.91. The summed E-state index contributed by atoms with van der Waals surface area (Å²) < 4.78 is 15.3. The van der Waals surface area contributed by atoms with E-state index in [0.717, 1.165) is 11.3 Å². The molecule has 0 radical (unpaired) electrons. The van der Waals surface area contributed by atoms with Crippen LogP contribution in [0.4, 0.5) is 20.6 Å². The second kappa shape index (κ2) is 6.31. The van der Waals surface area contributed by atoms with Crippen LogP contribution in [0.15, 0.2) is 60.8 Å². The Morgan fingerprint density at radius 1 is 1.00 bits per heavy atom. The van der Waals surface area contributed by atoms with Gasteiger partial charge < -0.3 is 10.6 Å². The Balaban J connectivity index is 1.81. The molecular weight excluding hydrogens is 295 g/mol. The summed E-state index contributed by atoms with van der Waals surface area (Å²) in [6.07, 6.45) is 1.56. The fraction of sp³-hybridized carbons (Fsp3) is 0.0588. The Hall–Kier alpha value is -3.15. The molecule has 0 unspecified atom stereocenters. The summed E-state index contributed by atoms with van der Waals surface area (Å²) in [5.41, 5.74) is 2.37. The molecule has 1 heterocycles. The molecule has 0 aliphatic rings. The van der Waals surface area contributed by atoms with E-state index in [1.54, 1.807) is 30.1 Å². The van der Waals surface area contributed by atoms with Gasteiger partial charge in [-0.05, 0) is 12.1 Å². The van der Waals surface area contributed by atoms with Gasteiger partial charge in [-0.25, -0.2) is 9.18 Å². The van der Waals surface area contributed by atoms with E-state index in [-0.39, 0.29) is 5.69 Å². The molecule has 2 aromatic carbocycles. The lowest BCUT2D eigenvalue weighted by Crippen LogP contribution is -2.20. The fourth-order valence-corrected chi connectivity index (χ4v) is 2.31. The second-order valence-electron chi connectivity index (χ2n) is 4.96. The topological polar surface area (TPSA) is 59.0 Å². The van der Waals surface area contributed by atoms with Crippen LogP contribution in [0.3, 0.4) is 0 Å². The number of halogens is 1. The van der Waals surface area contributed by atoms with Gasteiger partial charge >= 0.3 is 6.03 Å². The number of aryl methyl sites for hydroxylation is 1. The van der Waals surface area contributed by atoms with Crippen molar-refractivity contribution in [3.8, 4) is 11.3 Å². The molecule has 6 heteroatoms. The van der Waals surface area contributed by atoms with Crippen molar-refractivity contribution in [3.05, 3.63) is 66.6 Å². The van der Waals surface area contributed by atoms with Gasteiger partial charge in [-0.1, -0.05) is 42.5 Å². The molecule has 23 heavy (non-hydrogen) atoms. The average molecular weight is 310 g/mol. The highest BCUT2D eigenvalue weighted by Crippen LogP contribution is 2.27. The van der Waals surface area contributed by atoms with Crippen molar-refractivity contribution in [2.45, 2.75) is 0 Å². The highest BCUT2D eigenvalue weighted by molar-refractivity contribution is 6.01. The number of nitrogens with one attached hydrogen (secondary N) is 2. The maximum atomic E-state index is 13.6. The first-order valence-corrected chi connectivity index (χ1v) is 7.05. The third-order valence-electron chi connectivity index (χ3n) is 3.36. The zero-order chi connectivity index (χ0) is 16.2. The predicted molar refractivity (Wildman–Crippen MR) is 87.7 cm³/mol. The summed E-state index contributed by atoms with van der Waals surface area (Å²) in [5, 5.41) is 9.36. The molecule has 0 bridgehead atoms. The van der Waals surface area contributed by atoms with Gasteiger partial charge in [0.1, 0.15) is 5.82 Å². The number of aromatic nitrogens is 2. The van der Waals surface area contributed by atoms with Crippen LogP contribution in [0, 0.1) is 5.82 Å². The minimum atomic E-state index is -0.528. The highest BCUT2D eigenvalue weighted by Gasteiger charge is 2.14. The first-order valence-electron chi connectivity index (χ1n) is 7.05. The zero-order valence-corrected chi connectivity index (χ0v) is 12.5. The summed E-state index contributed by atoms with van der Waals surface area (Å²) in [6.45, 7) is 0. The summed E-state index contributed by atoms with van der Waals surface area (Å²) in [6, 6.07) is 15.1. The van der Waals surface area contributed by atoms with Gasteiger partial charge in [0.25, 0.3) is 0 Å². The van der Waals surface area contributed by atoms with E-state index in [1.165, 1.54) is 12.1 Å². The summed E-state index contributed by atoms with van der Waals surface area (Å²) >= 11 is 0. The van der Waals surface area contributed by atoms with Gasteiger partial charge in [0.2, 0.25) is 0 Å². The van der Waals surface area contributed by atoms with Gasteiger partial charge in [0.05, 0.1) is 23.3 Å². The molecular formula is C17H15FN4O. The van der Waals surface area contributed by atoms with E-state index in [4.69, 9.17) is 0 Å². The largest absolute Gasteiger partial charge is 0.323 e. The molecule has 0 spiro atoms. The number of para-hydroxylation sites is 1. The number of hydrogen-bond acceptors (Lipinski definition) is 2. The molecule has 0 aliphatic heterocycles. The predicted octanol–water partition coefficient (Wildman–Crippen LogP) is 3.87. The minimum Gasteiger partial charge on any atom is -0.305 e. The van der Waals surface area contributed by atoms with Crippen LogP contribution in [0.2, 0.25) is 0 Å². The standard InChI is InChI=1S/C17H15FN4O/c1-22-16(12-7-3-2-4-8-12)15(11-19-22)21-17(23)20-14-10-6-5-9-13(14)18/h2-11H,1H3,(H2,20,21,23). The number of anilines is 2. The molecule has 3 rings (SSSR count). The number of carbonyl (C=O) groups is 1. The fourth-order valence-electron chi connectivity index (χ4n) is 2.31. The normalized spacial score (nSPS) is 10.3. The number of benzene rings is 2. The molecule has 0 aliphatic carbocycles. The number of urea groups is 1. The van der Waals surface area contributed by atoms with E-state index in [9.17, 15) is 9.18 Å². The Bertz CT molecular complexity index is 830.